The highest BCUT2D eigenvalue weighted by molar-refractivity contribution is 6.34. The van der Waals surface area contributed by atoms with Gasteiger partial charge in [0.25, 0.3) is 17.7 Å². The fraction of sp³-hybridized carbons (Fsp3) is 0.200. The van der Waals surface area contributed by atoms with E-state index in [0.29, 0.717) is 23.4 Å². The highest BCUT2D eigenvalue weighted by atomic mass is 16.5. The maximum atomic E-state index is 12.5. The molecular formula is C20H18N2O5. The van der Waals surface area contributed by atoms with E-state index in [1.54, 1.807) is 24.3 Å². The number of hydrogen-bond acceptors (Lipinski definition) is 5. The van der Waals surface area contributed by atoms with Crippen molar-refractivity contribution in [3.8, 4) is 0 Å². The first-order chi connectivity index (χ1) is 13.0. The van der Waals surface area contributed by atoms with Crippen LogP contribution < -0.4 is 10.2 Å². The van der Waals surface area contributed by atoms with Crippen molar-refractivity contribution >= 4 is 29.4 Å². The summed E-state index contributed by atoms with van der Waals surface area (Å²) in [7, 11) is 0. The Morgan fingerprint density at radius 1 is 0.963 bits per heavy atom. The van der Waals surface area contributed by atoms with Gasteiger partial charge in [0.15, 0.2) is 6.61 Å². The van der Waals surface area contributed by atoms with Gasteiger partial charge in [-0.1, -0.05) is 19.1 Å². The Bertz CT molecular complexity index is 870. The molecule has 0 saturated carbocycles. The Hall–Kier alpha value is -3.48. The van der Waals surface area contributed by atoms with Crippen LogP contribution in [0.5, 0.6) is 0 Å². The maximum Gasteiger partial charge on any atom is 0.338 e. The fourth-order valence-electron chi connectivity index (χ4n) is 2.70. The summed E-state index contributed by atoms with van der Waals surface area (Å²) in [5.74, 6) is -1.83. The molecule has 0 aromatic heterocycles. The average Bonchev–Trinajstić information content (AvgIpc) is 2.95. The van der Waals surface area contributed by atoms with Gasteiger partial charge in [-0.2, -0.15) is 0 Å². The van der Waals surface area contributed by atoms with Crippen molar-refractivity contribution in [3.05, 3.63) is 65.2 Å². The van der Waals surface area contributed by atoms with Crippen LogP contribution in [-0.2, 0) is 9.53 Å². The lowest BCUT2D eigenvalue weighted by atomic mass is 10.1. The topological polar surface area (TPSA) is 92.8 Å². The lowest BCUT2D eigenvalue weighted by Gasteiger charge is -2.14. The van der Waals surface area contributed by atoms with Crippen LogP contribution in [0, 0.1) is 0 Å². The van der Waals surface area contributed by atoms with Crippen molar-refractivity contribution in [2.75, 3.05) is 18.1 Å². The summed E-state index contributed by atoms with van der Waals surface area (Å²) in [5, 5.41) is 2.61. The minimum absolute atomic E-state index is 0.221. The number of imide groups is 1. The van der Waals surface area contributed by atoms with Crippen molar-refractivity contribution in [2.45, 2.75) is 13.3 Å². The Morgan fingerprint density at radius 3 is 2.11 bits per heavy atom. The summed E-state index contributed by atoms with van der Waals surface area (Å²) >= 11 is 0. The van der Waals surface area contributed by atoms with Crippen LogP contribution in [0.3, 0.4) is 0 Å². The predicted octanol–water partition coefficient (Wildman–Crippen LogP) is 2.17. The van der Waals surface area contributed by atoms with E-state index >= 15 is 0 Å². The molecule has 1 aliphatic rings. The average molecular weight is 366 g/mol. The van der Waals surface area contributed by atoms with E-state index in [0.717, 1.165) is 11.3 Å². The number of fused-ring (bicyclic) bond motifs is 1. The monoisotopic (exact) mass is 366 g/mol. The molecule has 1 N–H and O–H groups in total. The molecule has 7 nitrogen and oxygen atoms in total. The lowest BCUT2D eigenvalue weighted by molar-refractivity contribution is -0.124. The Balaban J connectivity index is 1.68. The lowest BCUT2D eigenvalue weighted by Crippen LogP contribution is -2.29. The molecule has 2 aromatic rings. The summed E-state index contributed by atoms with van der Waals surface area (Å²) in [5.41, 5.74) is 1.28. The molecule has 27 heavy (non-hydrogen) atoms. The number of nitrogens with one attached hydrogen (secondary N) is 1. The Morgan fingerprint density at radius 2 is 1.56 bits per heavy atom. The number of benzene rings is 2. The molecule has 3 amide bonds. The van der Waals surface area contributed by atoms with Gasteiger partial charge >= 0.3 is 5.97 Å². The normalized spacial score (nSPS) is 12.7. The van der Waals surface area contributed by atoms with Gasteiger partial charge in [0.2, 0.25) is 0 Å². The number of carbonyl (C=O) groups excluding carboxylic acids is 4. The summed E-state index contributed by atoms with van der Waals surface area (Å²) in [6.45, 7) is 2.08. The molecule has 3 rings (SSSR count). The van der Waals surface area contributed by atoms with Crippen molar-refractivity contribution in [1.82, 2.24) is 5.32 Å². The number of amides is 3. The van der Waals surface area contributed by atoms with Gasteiger partial charge < -0.3 is 10.1 Å². The van der Waals surface area contributed by atoms with Crippen LogP contribution in [0.2, 0.25) is 0 Å². The standard InChI is InChI=1S/C20H18N2O5/c1-2-11-21-17(23)12-27-20(26)13-7-9-14(10-8-13)22-18(24)15-5-3-4-6-16(15)19(22)25/h3-10H,2,11-12H2,1H3,(H,21,23). The van der Waals surface area contributed by atoms with E-state index in [2.05, 4.69) is 5.32 Å². The van der Waals surface area contributed by atoms with Crippen LogP contribution in [0.15, 0.2) is 48.5 Å². The van der Waals surface area contributed by atoms with Gasteiger partial charge in [-0.3, -0.25) is 14.4 Å². The zero-order valence-electron chi connectivity index (χ0n) is 14.7. The smallest absolute Gasteiger partial charge is 0.338 e. The zero-order valence-corrected chi connectivity index (χ0v) is 14.7. The number of nitrogens with zero attached hydrogens (tertiary/aromatic N) is 1. The van der Waals surface area contributed by atoms with Gasteiger partial charge in [-0.15, -0.1) is 0 Å². The molecule has 2 aromatic carbocycles. The minimum Gasteiger partial charge on any atom is -0.452 e. The molecule has 0 radical (unpaired) electrons. The number of rotatable bonds is 6. The number of esters is 1. The second-order valence-corrected chi connectivity index (χ2v) is 5.96. The number of anilines is 1. The predicted molar refractivity (Wildman–Crippen MR) is 97.6 cm³/mol. The first kappa shape index (κ1) is 18.3. The highest BCUT2D eigenvalue weighted by Crippen LogP contribution is 2.28. The summed E-state index contributed by atoms with van der Waals surface area (Å²) in [4.78, 5) is 49.5. The second kappa shape index (κ2) is 7.82. The second-order valence-electron chi connectivity index (χ2n) is 5.96. The molecule has 0 fully saturated rings. The van der Waals surface area contributed by atoms with Crippen molar-refractivity contribution in [3.63, 3.8) is 0 Å². The highest BCUT2D eigenvalue weighted by Gasteiger charge is 2.36. The maximum absolute atomic E-state index is 12.5. The number of carbonyl (C=O) groups is 4. The Labute approximate surface area is 155 Å². The Kier molecular flexibility index (Phi) is 5.30. The first-order valence-corrected chi connectivity index (χ1v) is 8.54. The SMILES string of the molecule is CCCNC(=O)COC(=O)c1ccc(N2C(=O)c3ccccc3C2=O)cc1. The molecule has 138 valence electrons. The molecule has 0 aliphatic carbocycles. The minimum atomic E-state index is -0.657. The third-order valence-corrected chi connectivity index (χ3v) is 4.06. The molecule has 1 heterocycles. The number of hydrogen-bond donors (Lipinski definition) is 1. The number of ether oxygens (including phenoxy) is 1. The molecule has 0 spiro atoms. The van der Waals surface area contributed by atoms with Crippen LogP contribution in [-0.4, -0.2) is 36.8 Å². The van der Waals surface area contributed by atoms with Crippen LogP contribution in [0.25, 0.3) is 0 Å². The fourth-order valence-corrected chi connectivity index (χ4v) is 2.70. The van der Waals surface area contributed by atoms with E-state index < -0.39 is 17.8 Å². The molecule has 0 atom stereocenters. The molecule has 7 heteroatoms. The molecule has 0 unspecified atom stereocenters. The van der Waals surface area contributed by atoms with E-state index in [9.17, 15) is 19.2 Å². The molecular weight excluding hydrogens is 348 g/mol. The van der Waals surface area contributed by atoms with Crippen LogP contribution in [0.4, 0.5) is 5.69 Å². The van der Waals surface area contributed by atoms with Crippen LogP contribution >= 0.6 is 0 Å². The van der Waals surface area contributed by atoms with Gasteiger partial charge in [-0.25, -0.2) is 9.69 Å². The van der Waals surface area contributed by atoms with Crippen molar-refractivity contribution in [2.24, 2.45) is 0 Å². The van der Waals surface area contributed by atoms with Gasteiger partial charge in [0, 0.05) is 6.54 Å². The van der Waals surface area contributed by atoms with E-state index in [1.807, 2.05) is 6.92 Å². The zero-order chi connectivity index (χ0) is 19.4. The summed E-state index contributed by atoms with van der Waals surface area (Å²) in [6.07, 6.45) is 0.791. The third kappa shape index (κ3) is 3.72. The van der Waals surface area contributed by atoms with E-state index in [1.165, 1.54) is 24.3 Å². The largest absolute Gasteiger partial charge is 0.452 e. The van der Waals surface area contributed by atoms with E-state index in [-0.39, 0.29) is 18.1 Å². The van der Waals surface area contributed by atoms with E-state index in [4.69, 9.17) is 4.74 Å². The molecule has 1 aliphatic heterocycles. The van der Waals surface area contributed by atoms with Gasteiger partial charge in [-0.05, 0) is 42.8 Å². The molecule has 0 bridgehead atoms. The van der Waals surface area contributed by atoms with Crippen molar-refractivity contribution < 1.29 is 23.9 Å². The summed E-state index contributed by atoms with van der Waals surface area (Å²) < 4.78 is 4.95. The van der Waals surface area contributed by atoms with Crippen LogP contribution in [0.1, 0.15) is 44.4 Å². The third-order valence-electron chi connectivity index (χ3n) is 4.06. The summed E-state index contributed by atoms with van der Waals surface area (Å²) in [6, 6.07) is 12.5. The van der Waals surface area contributed by atoms with Gasteiger partial charge in [0.05, 0.1) is 22.4 Å². The molecule has 0 saturated heterocycles. The van der Waals surface area contributed by atoms with Gasteiger partial charge in [0.1, 0.15) is 0 Å². The first-order valence-electron chi connectivity index (χ1n) is 8.54. The quantitative estimate of drug-likeness (QED) is 0.625. The van der Waals surface area contributed by atoms with Crippen molar-refractivity contribution in [1.29, 1.82) is 0 Å².